The maximum Gasteiger partial charge on any atom is 0.274 e. The Morgan fingerprint density at radius 1 is 1.61 bits per heavy atom. The lowest BCUT2D eigenvalue weighted by Gasteiger charge is -2.31. The molecule has 0 saturated carbocycles. The van der Waals surface area contributed by atoms with E-state index in [4.69, 9.17) is 10.9 Å². The van der Waals surface area contributed by atoms with Crippen LogP contribution in [0.15, 0.2) is 12.4 Å². The molecule has 4 N–H and O–H groups in total. The third kappa shape index (κ3) is 2.74. The van der Waals surface area contributed by atoms with Gasteiger partial charge in [-0.05, 0) is 18.8 Å². The largest absolute Gasteiger partial charge is 0.396 e. The van der Waals surface area contributed by atoms with Crippen molar-refractivity contribution in [3.05, 3.63) is 18.1 Å². The van der Waals surface area contributed by atoms with Crippen molar-refractivity contribution in [2.45, 2.75) is 12.8 Å². The number of hydrogen-bond acceptors (Lipinski definition) is 6. The second-order valence-electron chi connectivity index (χ2n) is 4.38. The molecule has 2 rings (SSSR count). The summed E-state index contributed by atoms with van der Waals surface area (Å²) in [7, 11) is 0. The number of rotatable bonds is 3. The molecule has 1 saturated heterocycles. The topological polar surface area (TPSA) is 104 Å². The molecular weight excluding hydrogens is 234 g/mol. The first-order valence-electron chi connectivity index (χ1n) is 5.93. The van der Waals surface area contributed by atoms with Crippen LogP contribution in [0.2, 0.25) is 0 Å². The van der Waals surface area contributed by atoms with Crippen molar-refractivity contribution >= 4 is 11.7 Å². The minimum absolute atomic E-state index is 0.111. The molecule has 1 amide bonds. The van der Waals surface area contributed by atoms with Gasteiger partial charge in [-0.25, -0.2) is 10.8 Å². The quantitative estimate of drug-likeness (QED) is 0.499. The van der Waals surface area contributed by atoms with Crippen molar-refractivity contribution in [1.82, 2.24) is 14.9 Å². The Morgan fingerprint density at radius 2 is 2.44 bits per heavy atom. The summed E-state index contributed by atoms with van der Waals surface area (Å²) in [4.78, 5) is 21.9. The Balaban J connectivity index is 2.10. The first kappa shape index (κ1) is 12.7. The first-order valence-corrected chi connectivity index (χ1v) is 5.93. The summed E-state index contributed by atoms with van der Waals surface area (Å²) < 4.78 is 0. The molecule has 18 heavy (non-hydrogen) atoms. The van der Waals surface area contributed by atoms with Gasteiger partial charge < -0.3 is 15.4 Å². The number of nitrogens with two attached hydrogens (primary N) is 1. The number of amides is 1. The molecule has 0 radical (unpaired) electrons. The van der Waals surface area contributed by atoms with Crippen LogP contribution >= 0.6 is 0 Å². The van der Waals surface area contributed by atoms with E-state index >= 15 is 0 Å². The predicted octanol–water partition coefficient (Wildman–Crippen LogP) is -0.393. The highest BCUT2D eigenvalue weighted by atomic mass is 16.3. The van der Waals surface area contributed by atoms with Crippen molar-refractivity contribution in [2.75, 3.05) is 25.1 Å². The molecule has 0 aromatic carbocycles. The minimum atomic E-state index is -0.169. The number of carbonyl (C=O) groups excluding carboxylic acids is 1. The highest BCUT2D eigenvalue weighted by Crippen LogP contribution is 2.17. The zero-order chi connectivity index (χ0) is 13.0. The number of nitrogen functional groups attached to an aromatic ring is 1. The van der Waals surface area contributed by atoms with E-state index in [9.17, 15) is 4.79 Å². The molecule has 1 unspecified atom stereocenters. The van der Waals surface area contributed by atoms with Crippen molar-refractivity contribution in [1.29, 1.82) is 0 Å². The number of aliphatic hydroxyl groups is 1. The van der Waals surface area contributed by atoms with E-state index in [1.54, 1.807) is 4.90 Å². The maximum atomic E-state index is 12.2. The van der Waals surface area contributed by atoms with E-state index < -0.39 is 0 Å². The Morgan fingerprint density at radius 3 is 3.17 bits per heavy atom. The summed E-state index contributed by atoms with van der Waals surface area (Å²) in [5, 5.41) is 9.15. The molecule has 1 aromatic rings. The van der Waals surface area contributed by atoms with Gasteiger partial charge in [0.25, 0.3) is 5.91 Å². The van der Waals surface area contributed by atoms with Crippen LogP contribution in [-0.2, 0) is 0 Å². The molecule has 2 heterocycles. The normalized spacial score (nSPS) is 19.7. The Labute approximate surface area is 105 Å². The highest BCUT2D eigenvalue weighted by molar-refractivity contribution is 5.92. The molecule has 0 spiro atoms. The fourth-order valence-electron chi connectivity index (χ4n) is 2.10. The van der Waals surface area contributed by atoms with Gasteiger partial charge in [0.05, 0.1) is 12.4 Å². The zero-order valence-electron chi connectivity index (χ0n) is 10.0. The van der Waals surface area contributed by atoms with E-state index in [-0.39, 0.29) is 24.1 Å². The second-order valence-corrected chi connectivity index (χ2v) is 4.38. The van der Waals surface area contributed by atoms with Crippen LogP contribution in [0.5, 0.6) is 0 Å². The number of piperidine rings is 1. The van der Waals surface area contributed by atoms with Gasteiger partial charge in [0.1, 0.15) is 5.69 Å². The fraction of sp³-hybridized carbons (Fsp3) is 0.545. The Hall–Kier alpha value is -1.73. The van der Waals surface area contributed by atoms with Crippen LogP contribution < -0.4 is 11.3 Å². The van der Waals surface area contributed by atoms with Crippen LogP contribution in [0.3, 0.4) is 0 Å². The number of hydrazine groups is 1. The number of aliphatic hydroxyl groups excluding tert-OH is 1. The van der Waals surface area contributed by atoms with E-state index in [0.717, 1.165) is 12.8 Å². The molecule has 1 atom stereocenters. The lowest BCUT2D eigenvalue weighted by Crippen LogP contribution is -2.41. The molecule has 0 bridgehead atoms. The van der Waals surface area contributed by atoms with E-state index in [2.05, 4.69) is 15.4 Å². The maximum absolute atomic E-state index is 12.2. The van der Waals surface area contributed by atoms with Gasteiger partial charge >= 0.3 is 0 Å². The van der Waals surface area contributed by atoms with Gasteiger partial charge in [-0.1, -0.05) is 0 Å². The third-order valence-electron chi connectivity index (χ3n) is 3.07. The molecule has 1 aromatic heterocycles. The van der Waals surface area contributed by atoms with Crippen LogP contribution in [0, 0.1) is 5.92 Å². The Kier molecular flexibility index (Phi) is 4.06. The molecule has 7 heteroatoms. The van der Waals surface area contributed by atoms with E-state index in [0.29, 0.717) is 18.9 Å². The first-order chi connectivity index (χ1) is 8.74. The van der Waals surface area contributed by atoms with E-state index in [1.807, 2.05) is 0 Å². The number of likely N-dealkylation sites (tertiary alicyclic amines) is 1. The van der Waals surface area contributed by atoms with Crippen molar-refractivity contribution in [2.24, 2.45) is 11.8 Å². The number of nitrogens with one attached hydrogen (secondary N) is 1. The summed E-state index contributed by atoms with van der Waals surface area (Å²) in [5.41, 5.74) is 2.63. The van der Waals surface area contributed by atoms with Gasteiger partial charge in [0, 0.05) is 19.7 Å². The van der Waals surface area contributed by atoms with Gasteiger partial charge in [0.15, 0.2) is 5.82 Å². The molecule has 1 fully saturated rings. The lowest BCUT2D eigenvalue weighted by molar-refractivity contribution is 0.0614. The number of anilines is 1. The fourth-order valence-corrected chi connectivity index (χ4v) is 2.10. The summed E-state index contributed by atoms with van der Waals surface area (Å²) in [5.74, 6) is 5.58. The number of carbonyl (C=O) groups is 1. The average molecular weight is 251 g/mol. The van der Waals surface area contributed by atoms with Crippen molar-refractivity contribution < 1.29 is 9.90 Å². The van der Waals surface area contributed by atoms with Crippen LogP contribution in [0.4, 0.5) is 5.82 Å². The molecular formula is C11H17N5O2. The van der Waals surface area contributed by atoms with Gasteiger partial charge in [-0.2, -0.15) is 0 Å². The van der Waals surface area contributed by atoms with Crippen molar-refractivity contribution in [3.8, 4) is 0 Å². The summed E-state index contributed by atoms with van der Waals surface area (Å²) >= 11 is 0. The van der Waals surface area contributed by atoms with Crippen LogP contribution in [-0.4, -0.2) is 45.6 Å². The Bertz CT molecular complexity index is 426. The van der Waals surface area contributed by atoms with Crippen molar-refractivity contribution in [3.63, 3.8) is 0 Å². The second kappa shape index (κ2) is 5.74. The molecule has 1 aliphatic heterocycles. The predicted molar refractivity (Wildman–Crippen MR) is 65.6 cm³/mol. The van der Waals surface area contributed by atoms with Gasteiger partial charge in [-0.15, -0.1) is 0 Å². The summed E-state index contributed by atoms with van der Waals surface area (Å²) in [6.45, 7) is 1.37. The molecule has 1 aliphatic rings. The number of aromatic nitrogens is 2. The van der Waals surface area contributed by atoms with Crippen LogP contribution in [0.25, 0.3) is 0 Å². The summed E-state index contributed by atoms with van der Waals surface area (Å²) in [6.07, 6.45) is 4.73. The monoisotopic (exact) mass is 251 g/mol. The van der Waals surface area contributed by atoms with E-state index in [1.165, 1.54) is 12.4 Å². The van der Waals surface area contributed by atoms with Gasteiger partial charge in [0.2, 0.25) is 0 Å². The standard InChI is InChI=1S/C11H17N5O2/c12-15-10-5-13-4-9(14-10)11(18)16-3-1-2-8(6-16)7-17/h4-5,8,17H,1-3,6-7,12H2,(H,14,15). The van der Waals surface area contributed by atoms with Crippen LogP contribution in [0.1, 0.15) is 23.3 Å². The average Bonchev–Trinajstić information content (AvgIpc) is 2.46. The van der Waals surface area contributed by atoms with Gasteiger partial charge in [-0.3, -0.25) is 9.78 Å². The number of hydrogen-bond donors (Lipinski definition) is 3. The molecule has 98 valence electrons. The highest BCUT2D eigenvalue weighted by Gasteiger charge is 2.25. The summed E-state index contributed by atoms with van der Waals surface area (Å²) in [6, 6.07) is 0. The number of nitrogens with zero attached hydrogens (tertiary/aromatic N) is 3. The zero-order valence-corrected chi connectivity index (χ0v) is 10.0. The molecule has 7 nitrogen and oxygen atoms in total. The third-order valence-corrected chi connectivity index (χ3v) is 3.07. The molecule has 0 aliphatic carbocycles. The smallest absolute Gasteiger partial charge is 0.274 e. The lowest BCUT2D eigenvalue weighted by atomic mass is 9.99. The SMILES string of the molecule is NNc1cncc(C(=O)N2CCCC(CO)C2)n1. The minimum Gasteiger partial charge on any atom is -0.396 e.